The quantitative estimate of drug-likeness (QED) is 0.494. The van der Waals surface area contributed by atoms with Crippen LogP contribution < -0.4 is 5.73 Å². The molecule has 2 nitrogen and oxygen atoms in total. The van der Waals surface area contributed by atoms with Crippen molar-refractivity contribution in [2.45, 2.75) is 16.6 Å². The van der Waals surface area contributed by atoms with Crippen LogP contribution in [-0.2, 0) is 0 Å². The van der Waals surface area contributed by atoms with Gasteiger partial charge in [-0.05, 0) is 23.8 Å². The summed E-state index contributed by atoms with van der Waals surface area (Å²) >= 11 is 1.18. The third-order valence-electron chi connectivity index (χ3n) is 2.74. The molecule has 20 heavy (non-hydrogen) atoms. The summed E-state index contributed by atoms with van der Waals surface area (Å²) in [6.07, 6.45) is 0.282. The molecule has 5 heteroatoms. The van der Waals surface area contributed by atoms with Crippen LogP contribution in [0.5, 0.6) is 0 Å². The number of amidine groups is 1. The number of thioether (sulfide) groups is 1. The van der Waals surface area contributed by atoms with Gasteiger partial charge in [0.25, 0.3) is 0 Å². The molecule has 0 radical (unpaired) electrons. The number of hydrogen-bond acceptors (Lipinski definition) is 2. The van der Waals surface area contributed by atoms with Crippen molar-refractivity contribution in [1.29, 1.82) is 5.41 Å². The van der Waals surface area contributed by atoms with E-state index in [2.05, 4.69) is 0 Å². The molecule has 104 valence electrons. The van der Waals surface area contributed by atoms with Gasteiger partial charge in [-0.1, -0.05) is 30.3 Å². The van der Waals surface area contributed by atoms with Crippen molar-refractivity contribution < 1.29 is 8.78 Å². The molecule has 1 unspecified atom stereocenters. The van der Waals surface area contributed by atoms with E-state index in [4.69, 9.17) is 11.1 Å². The fourth-order valence-electron chi connectivity index (χ4n) is 1.82. The second-order valence-corrected chi connectivity index (χ2v) is 5.57. The highest BCUT2D eigenvalue weighted by Crippen LogP contribution is 2.38. The SMILES string of the molecule is N=C(N)CC(Sc1cc(F)ccc1F)c1ccccc1. The first-order valence-corrected chi connectivity index (χ1v) is 6.94. The summed E-state index contributed by atoms with van der Waals surface area (Å²) in [7, 11) is 0. The summed E-state index contributed by atoms with van der Waals surface area (Å²) in [5, 5.41) is 7.21. The van der Waals surface area contributed by atoms with Crippen molar-refractivity contribution in [3.8, 4) is 0 Å². The van der Waals surface area contributed by atoms with Crippen molar-refractivity contribution in [2.24, 2.45) is 5.73 Å². The van der Waals surface area contributed by atoms with Crippen LogP contribution in [0.15, 0.2) is 53.4 Å². The van der Waals surface area contributed by atoms with Gasteiger partial charge in [0.15, 0.2) is 0 Å². The number of nitrogens with one attached hydrogen (secondary N) is 1. The largest absolute Gasteiger partial charge is 0.388 e. The third-order valence-corrected chi connectivity index (χ3v) is 4.03. The zero-order chi connectivity index (χ0) is 14.5. The second-order valence-electron chi connectivity index (χ2n) is 4.32. The fraction of sp³-hybridized carbons (Fsp3) is 0.133. The molecule has 0 aromatic heterocycles. The van der Waals surface area contributed by atoms with Crippen LogP contribution in [0, 0.1) is 17.0 Å². The van der Waals surface area contributed by atoms with Crippen molar-refractivity contribution in [2.75, 3.05) is 0 Å². The number of hydrogen-bond donors (Lipinski definition) is 2. The van der Waals surface area contributed by atoms with Gasteiger partial charge in [-0.25, -0.2) is 8.78 Å². The highest BCUT2D eigenvalue weighted by Gasteiger charge is 2.17. The van der Waals surface area contributed by atoms with Crippen LogP contribution >= 0.6 is 11.8 Å². The molecule has 0 aliphatic heterocycles. The lowest BCUT2D eigenvalue weighted by molar-refractivity contribution is 0.576. The predicted octanol–water partition coefficient (Wildman–Crippen LogP) is 4.12. The van der Waals surface area contributed by atoms with E-state index in [-0.39, 0.29) is 22.4 Å². The van der Waals surface area contributed by atoms with E-state index in [1.165, 1.54) is 11.8 Å². The molecule has 0 bridgehead atoms. The summed E-state index contributed by atoms with van der Waals surface area (Å²) in [6, 6.07) is 12.7. The maximum Gasteiger partial charge on any atom is 0.136 e. The zero-order valence-electron chi connectivity index (χ0n) is 10.6. The van der Waals surface area contributed by atoms with E-state index in [0.717, 1.165) is 23.8 Å². The Morgan fingerprint density at radius 1 is 1.15 bits per heavy atom. The van der Waals surface area contributed by atoms with Crippen molar-refractivity contribution in [3.05, 3.63) is 65.7 Å². The Morgan fingerprint density at radius 3 is 2.50 bits per heavy atom. The molecule has 0 fully saturated rings. The van der Waals surface area contributed by atoms with Gasteiger partial charge in [0.05, 0.1) is 5.84 Å². The topological polar surface area (TPSA) is 49.9 Å². The molecule has 0 aliphatic carbocycles. The molecule has 0 spiro atoms. The van der Waals surface area contributed by atoms with Gasteiger partial charge in [-0.3, -0.25) is 5.41 Å². The van der Waals surface area contributed by atoms with E-state index in [1.54, 1.807) is 0 Å². The molecule has 1 atom stereocenters. The Hall–Kier alpha value is -1.88. The Kier molecular flexibility index (Phi) is 4.74. The van der Waals surface area contributed by atoms with Crippen LogP contribution in [0.1, 0.15) is 17.2 Å². The number of nitrogens with two attached hydrogens (primary N) is 1. The fourth-order valence-corrected chi connectivity index (χ4v) is 3.04. The molecule has 0 saturated heterocycles. The highest BCUT2D eigenvalue weighted by molar-refractivity contribution is 7.99. The van der Waals surface area contributed by atoms with Crippen LogP contribution in [-0.4, -0.2) is 5.84 Å². The number of halogens is 2. The predicted molar refractivity (Wildman–Crippen MR) is 77.9 cm³/mol. The van der Waals surface area contributed by atoms with Gasteiger partial charge in [-0.15, -0.1) is 11.8 Å². The first-order valence-electron chi connectivity index (χ1n) is 6.06. The molecule has 0 aliphatic rings. The van der Waals surface area contributed by atoms with E-state index >= 15 is 0 Å². The number of benzene rings is 2. The smallest absolute Gasteiger partial charge is 0.136 e. The maximum absolute atomic E-state index is 13.7. The lowest BCUT2D eigenvalue weighted by Crippen LogP contribution is -2.13. The van der Waals surface area contributed by atoms with Crippen LogP contribution in [0.25, 0.3) is 0 Å². The van der Waals surface area contributed by atoms with Crippen LogP contribution in [0.3, 0.4) is 0 Å². The first-order chi connectivity index (χ1) is 9.56. The Morgan fingerprint density at radius 2 is 1.85 bits per heavy atom. The molecule has 0 saturated carbocycles. The van der Waals surface area contributed by atoms with Crippen molar-refractivity contribution in [3.63, 3.8) is 0 Å². The Balaban J connectivity index is 2.28. The van der Waals surface area contributed by atoms with E-state index in [9.17, 15) is 8.78 Å². The number of rotatable bonds is 5. The molecule has 2 aromatic rings. The second kappa shape index (κ2) is 6.52. The Bertz CT molecular complexity index is 602. The molecular formula is C15H14F2N2S. The van der Waals surface area contributed by atoms with E-state index in [1.807, 2.05) is 30.3 Å². The molecular weight excluding hydrogens is 278 g/mol. The Labute approximate surface area is 120 Å². The molecule has 2 aromatic carbocycles. The van der Waals surface area contributed by atoms with Crippen molar-refractivity contribution in [1.82, 2.24) is 0 Å². The minimum Gasteiger partial charge on any atom is -0.388 e. The van der Waals surface area contributed by atoms with Crippen LogP contribution in [0.4, 0.5) is 8.78 Å². The minimum atomic E-state index is -0.483. The average molecular weight is 292 g/mol. The third kappa shape index (κ3) is 3.81. The van der Waals surface area contributed by atoms with E-state index in [0.29, 0.717) is 0 Å². The van der Waals surface area contributed by atoms with Gasteiger partial charge in [0, 0.05) is 16.6 Å². The van der Waals surface area contributed by atoms with Gasteiger partial charge in [-0.2, -0.15) is 0 Å². The van der Waals surface area contributed by atoms with Gasteiger partial charge in [0.2, 0.25) is 0 Å². The van der Waals surface area contributed by atoms with Gasteiger partial charge >= 0.3 is 0 Å². The first kappa shape index (κ1) is 14.5. The molecule has 0 heterocycles. The standard InChI is InChI=1S/C15H14F2N2S/c16-11-6-7-12(17)14(8-11)20-13(9-15(18)19)10-4-2-1-3-5-10/h1-8,13H,9H2,(H3,18,19). The summed E-state index contributed by atoms with van der Waals surface area (Å²) in [6.45, 7) is 0. The van der Waals surface area contributed by atoms with Gasteiger partial charge < -0.3 is 5.73 Å². The minimum absolute atomic E-state index is 0.0168. The van der Waals surface area contributed by atoms with Gasteiger partial charge in [0.1, 0.15) is 11.6 Å². The lowest BCUT2D eigenvalue weighted by Gasteiger charge is -2.16. The lowest BCUT2D eigenvalue weighted by atomic mass is 10.1. The zero-order valence-corrected chi connectivity index (χ0v) is 11.5. The van der Waals surface area contributed by atoms with Crippen LogP contribution in [0.2, 0.25) is 0 Å². The summed E-state index contributed by atoms with van der Waals surface area (Å²) in [5.41, 5.74) is 6.38. The molecule has 3 N–H and O–H groups in total. The summed E-state index contributed by atoms with van der Waals surface area (Å²) < 4.78 is 26.9. The normalized spacial score (nSPS) is 12.1. The summed E-state index contributed by atoms with van der Waals surface area (Å²) in [4.78, 5) is 0.222. The molecule has 0 amide bonds. The van der Waals surface area contributed by atoms with E-state index < -0.39 is 11.6 Å². The molecule has 2 rings (SSSR count). The summed E-state index contributed by atoms with van der Waals surface area (Å²) in [5.74, 6) is -0.937. The monoisotopic (exact) mass is 292 g/mol. The maximum atomic E-state index is 13.7. The van der Waals surface area contributed by atoms with Crippen molar-refractivity contribution >= 4 is 17.6 Å². The highest BCUT2D eigenvalue weighted by atomic mass is 32.2. The average Bonchev–Trinajstić information content (AvgIpc) is 2.42.